The molecule has 0 aliphatic rings. The SMILES string of the molecule is Cc1c(C(=O)OC(C)C)sc(NC(=O)C(F)(F)C(F)(F)C(F)(F)C(F)(F)C(F)(F)C(F)(F)C(F)(F)C(F)F)c1C#N. The van der Waals surface area contributed by atoms with Gasteiger partial charge in [-0.25, -0.2) is 13.6 Å². The molecular formula is C19H12F16N2O3S. The summed E-state index contributed by atoms with van der Waals surface area (Å²) in [5.41, 5.74) is -1.46. The average molecular weight is 652 g/mol. The van der Waals surface area contributed by atoms with Gasteiger partial charge < -0.3 is 10.1 Å². The minimum atomic E-state index is -8.67. The van der Waals surface area contributed by atoms with Crippen LogP contribution in [-0.2, 0) is 9.53 Å². The predicted octanol–water partition coefficient (Wildman–Crippen LogP) is 7.14. The Balaban J connectivity index is 3.62. The second kappa shape index (κ2) is 10.7. The zero-order chi connectivity index (χ0) is 32.9. The number of thiophene rings is 1. The average Bonchev–Trinajstić information content (AvgIpc) is 3.12. The fourth-order valence-corrected chi connectivity index (χ4v) is 3.69. The summed E-state index contributed by atoms with van der Waals surface area (Å²) < 4.78 is 220. The highest BCUT2D eigenvalue weighted by Gasteiger charge is 2.94. The van der Waals surface area contributed by atoms with Crippen molar-refractivity contribution in [3.8, 4) is 6.07 Å². The third kappa shape index (κ3) is 5.24. The Morgan fingerprint density at radius 2 is 1.22 bits per heavy atom. The van der Waals surface area contributed by atoms with Gasteiger partial charge in [0, 0.05) is 0 Å². The molecule has 0 radical (unpaired) electrons. The number of nitrogens with one attached hydrogen (secondary N) is 1. The molecule has 0 fully saturated rings. The number of hydrogen-bond acceptors (Lipinski definition) is 5. The van der Waals surface area contributed by atoms with E-state index < -0.39 is 86.9 Å². The summed E-state index contributed by atoms with van der Waals surface area (Å²) in [6.45, 7) is 3.49. The second-order valence-electron chi connectivity index (χ2n) is 8.15. The number of alkyl halides is 16. The molecule has 5 nitrogen and oxygen atoms in total. The van der Waals surface area contributed by atoms with Gasteiger partial charge in [-0.1, -0.05) is 0 Å². The summed E-state index contributed by atoms with van der Waals surface area (Å²) in [7, 11) is 0. The lowest BCUT2D eigenvalue weighted by Gasteiger charge is -2.42. The first-order valence-corrected chi connectivity index (χ1v) is 10.8. The molecule has 1 N–H and O–H groups in total. The molecule has 1 amide bonds. The second-order valence-corrected chi connectivity index (χ2v) is 9.17. The first-order chi connectivity index (χ1) is 18.0. The van der Waals surface area contributed by atoms with Crippen LogP contribution in [0.1, 0.15) is 34.6 Å². The van der Waals surface area contributed by atoms with Gasteiger partial charge in [0.15, 0.2) is 0 Å². The van der Waals surface area contributed by atoms with Gasteiger partial charge in [-0.05, 0) is 26.3 Å². The number of anilines is 1. The molecule has 0 aliphatic heterocycles. The van der Waals surface area contributed by atoms with Gasteiger partial charge in [-0.15, -0.1) is 11.3 Å². The highest BCUT2D eigenvalue weighted by atomic mass is 32.1. The van der Waals surface area contributed by atoms with Crippen LogP contribution in [0.4, 0.5) is 75.2 Å². The summed E-state index contributed by atoms with van der Waals surface area (Å²) in [6, 6.07) is 1.17. The molecule has 0 saturated heterocycles. The number of esters is 1. The topological polar surface area (TPSA) is 79.2 Å². The van der Waals surface area contributed by atoms with Crippen LogP contribution < -0.4 is 5.32 Å². The van der Waals surface area contributed by atoms with Gasteiger partial charge in [0.25, 0.3) is 0 Å². The van der Waals surface area contributed by atoms with E-state index in [1.807, 2.05) is 0 Å². The number of carbonyl (C=O) groups excluding carboxylic acids is 2. The van der Waals surface area contributed by atoms with Crippen molar-refractivity contribution in [1.82, 2.24) is 0 Å². The van der Waals surface area contributed by atoms with Crippen molar-refractivity contribution in [2.45, 2.75) is 74.8 Å². The van der Waals surface area contributed by atoms with Crippen molar-refractivity contribution in [1.29, 1.82) is 5.26 Å². The van der Waals surface area contributed by atoms with E-state index in [9.17, 15) is 79.8 Å². The number of amides is 1. The van der Waals surface area contributed by atoms with E-state index in [1.165, 1.54) is 19.9 Å². The fourth-order valence-electron chi connectivity index (χ4n) is 2.66. The zero-order valence-corrected chi connectivity index (χ0v) is 20.6. The molecule has 234 valence electrons. The molecule has 0 aromatic carbocycles. The summed E-state index contributed by atoms with van der Waals surface area (Å²) in [5.74, 6) is -62.2. The smallest absolute Gasteiger partial charge is 0.393 e. The lowest BCUT2D eigenvalue weighted by atomic mass is 9.89. The Kier molecular flexibility index (Phi) is 9.39. The third-order valence-corrected chi connectivity index (χ3v) is 6.15. The summed E-state index contributed by atoms with van der Waals surface area (Å²) in [5, 5.41) is 8.48. The van der Waals surface area contributed by atoms with Crippen LogP contribution in [-0.4, -0.2) is 65.9 Å². The van der Waals surface area contributed by atoms with Crippen LogP contribution in [0.5, 0.6) is 0 Å². The quantitative estimate of drug-likeness (QED) is 0.204. The van der Waals surface area contributed by atoms with Crippen LogP contribution in [0.3, 0.4) is 0 Å². The largest absolute Gasteiger partial charge is 0.459 e. The summed E-state index contributed by atoms with van der Waals surface area (Å²) >= 11 is -0.174. The molecule has 1 heterocycles. The van der Waals surface area contributed by atoms with Crippen LogP contribution in [0, 0.1) is 18.3 Å². The number of carbonyl (C=O) groups is 2. The Labute approximate surface area is 221 Å². The Morgan fingerprint density at radius 3 is 1.61 bits per heavy atom. The normalized spacial score (nSPS) is 14.3. The van der Waals surface area contributed by atoms with Crippen LogP contribution in [0.2, 0.25) is 0 Å². The monoisotopic (exact) mass is 652 g/mol. The van der Waals surface area contributed by atoms with Gasteiger partial charge >= 0.3 is 59.8 Å². The molecule has 22 heteroatoms. The van der Waals surface area contributed by atoms with E-state index in [2.05, 4.69) is 0 Å². The van der Waals surface area contributed by atoms with E-state index in [1.54, 1.807) is 0 Å². The van der Waals surface area contributed by atoms with Crippen molar-refractivity contribution in [2.24, 2.45) is 0 Å². The van der Waals surface area contributed by atoms with Crippen molar-refractivity contribution < 1.29 is 84.6 Å². The number of nitriles is 1. The maximum absolute atomic E-state index is 14.2. The number of hydrogen-bond donors (Lipinski definition) is 1. The van der Waals surface area contributed by atoms with Crippen LogP contribution >= 0.6 is 11.3 Å². The predicted molar refractivity (Wildman–Crippen MR) is 104 cm³/mol. The zero-order valence-electron chi connectivity index (χ0n) is 19.8. The molecule has 41 heavy (non-hydrogen) atoms. The van der Waals surface area contributed by atoms with Gasteiger partial charge in [0.05, 0.1) is 11.7 Å². The highest BCUT2D eigenvalue weighted by Crippen LogP contribution is 2.62. The molecule has 0 atom stereocenters. The van der Waals surface area contributed by atoms with Gasteiger partial charge in [0.2, 0.25) is 0 Å². The molecule has 1 rings (SSSR count). The molecule has 1 aromatic heterocycles. The Bertz CT molecular complexity index is 1220. The number of rotatable bonds is 11. The Morgan fingerprint density at radius 1 is 0.805 bits per heavy atom. The van der Waals surface area contributed by atoms with Gasteiger partial charge in [0.1, 0.15) is 15.9 Å². The van der Waals surface area contributed by atoms with E-state index in [-0.39, 0.29) is 11.3 Å². The number of nitrogens with zero attached hydrogens (tertiary/aromatic N) is 1. The van der Waals surface area contributed by atoms with E-state index >= 15 is 0 Å². The fraction of sp³-hybridized carbons (Fsp3) is 0.632. The van der Waals surface area contributed by atoms with Gasteiger partial charge in [-0.3, -0.25) is 4.79 Å². The van der Waals surface area contributed by atoms with Crippen molar-refractivity contribution in [3.05, 3.63) is 16.0 Å². The molecule has 0 saturated carbocycles. The van der Waals surface area contributed by atoms with Crippen molar-refractivity contribution in [2.75, 3.05) is 5.32 Å². The number of halogens is 16. The standard InChI is InChI=1S/C19H12F16N2O3S/c1-5(2)40-10(38)8-6(3)7(4-36)9(41-8)37-12(39)14(24,25)16(28,29)18(32,33)19(34,35)17(30,31)15(26,27)13(22,23)11(20)21/h5,11H,1-3H3,(H,37,39). The van der Waals surface area contributed by atoms with Crippen LogP contribution in [0.25, 0.3) is 0 Å². The van der Waals surface area contributed by atoms with Crippen molar-refractivity contribution >= 4 is 28.2 Å². The lowest BCUT2D eigenvalue weighted by molar-refractivity contribution is -0.443. The Hall–Kier alpha value is -2.99. The third-order valence-electron chi connectivity index (χ3n) is 4.96. The highest BCUT2D eigenvalue weighted by molar-refractivity contribution is 7.18. The summed E-state index contributed by atoms with van der Waals surface area (Å²) in [4.78, 5) is 23.1. The van der Waals surface area contributed by atoms with E-state index in [0.29, 0.717) is 5.32 Å². The molecule has 0 spiro atoms. The van der Waals surface area contributed by atoms with Crippen molar-refractivity contribution in [3.63, 3.8) is 0 Å². The minimum Gasteiger partial charge on any atom is -0.459 e. The molecule has 0 aliphatic carbocycles. The maximum Gasteiger partial charge on any atom is 0.393 e. The molecule has 0 unspecified atom stereocenters. The van der Waals surface area contributed by atoms with Gasteiger partial charge in [-0.2, -0.15) is 66.7 Å². The van der Waals surface area contributed by atoms with E-state index in [4.69, 9.17) is 10.00 Å². The minimum absolute atomic E-state index is 0.174. The number of ether oxygens (including phenoxy) is 1. The molecular weight excluding hydrogens is 640 g/mol. The van der Waals surface area contributed by atoms with E-state index in [0.717, 1.165) is 6.92 Å². The summed E-state index contributed by atoms with van der Waals surface area (Å²) in [6.07, 6.45) is -6.84. The lowest BCUT2D eigenvalue weighted by Crippen LogP contribution is -2.74. The first kappa shape index (κ1) is 36.0. The molecule has 1 aromatic rings. The molecule has 0 bridgehead atoms. The maximum atomic E-state index is 14.2. The van der Waals surface area contributed by atoms with Crippen LogP contribution in [0.15, 0.2) is 0 Å². The first-order valence-electron chi connectivity index (χ1n) is 10.0.